The molecule has 9 nitrogen and oxygen atoms in total. The van der Waals surface area contributed by atoms with Gasteiger partial charge in [0.1, 0.15) is 43.7 Å². The van der Waals surface area contributed by atoms with Crippen molar-refractivity contribution in [2.45, 2.75) is 52.7 Å². The molecule has 0 radical (unpaired) electrons. The molecule has 3 rings (SSSR count). The summed E-state index contributed by atoms with van der Waals surface area (Å²) in [5.74, 6) is 0.951. The van der Waals surface area contributed by atoms with Crippen molar-refractivity contribution in [3.05, 3.63) is 63.8 Å². The van der Waals surface area contributed by atoms with Crippen LogP contribution in [0.4, 0.5) is 32.9 Å². The van der Waals surface area contributed by atoms with Gasteiger partial charge in [-0.15, -0.1) is 0 Å². The fraction of sp³-hybridized carbons (Fsp3) is 0.320. The first-order valence-electron chi connectivity index (χ1n) is 11.0. The molecule has 3 aromatic rings. The Labute approximate surface area is 227 Å². The number of carbonyl (C=O) groups is 2. The zero-order valence-electron chi connectivity index (χ0n) is 20.8. The van der Waals surface area contributed by atoms with Crippen LogP contribution in [0.2, 0.25) is 0 Å². The van der Waals surface area contributed by atoms with E-state index in [4.69, 9.17) is 9.47 Å². The maximum atomic E-state index is 13.3. The molecular weight excluding hydrogens is 594 g/mol. The van der Waals surface area contributed by atoms with Crippen LogP contribution in [0.25, 0.3) is 0 Å². The zero-order valence-corrected chi connectivity index (χ0v) is 24.0. The summed E-state index contributed by atoms with van der Waals surface area (Å²) >= 11 is 6.69. The summed E-state index contributed by atoms with van der Waals surface area (Å²) in [7, 11) is 0. The van der Waals surface area contributed by atoms with Crippen molar-refractivity contribution >= 4 is 67.3 Å². The van der Waals surface area contributed by atoms with Crippen molar-refractivity contribution in [2.75, 3.05) is 9.80 Å². The van der Waals surface area contributed by atoms with Crippen molar-refractivity contribution in [3.63, 3.8) is 0 Å². The smallest absolute Gasteiger partial charge is 0.421 e. The fourth-order valence-electron chi connectivity index (χ4n) is 2.93. The number of pyridine rings is 3. The van der Waals surface area contributed by atoms with E-state index in [1.807, 2.05) is 0 Å². The molecule has 0 atom stereocenters. The van der Waals surface area contributed by atoms with Gasteiger partial charge >= 0.3 is 12.2 Å². The number of carbonyl (C=O) groups excluding carboxylic acids is 2. The molecule has 0 saturated carbocycles. The highest BCUT2D eigenvalue weighted by Crippen LogP contribution is 2.31. The maximum Gasteiger partial charge on any atom is 0.421 e. The normalized spacial score (nSPS) is 11.6. The molecule has 3 aromatic heterocycles. The van der Waals surface area contributed by atoms with E-state index in [1.54, 1.807) is 96.1 Å². The summed E-state index contributed by atoms with van der Waals surface area (Å²) in [5.41, 5.74) is -1.52. The van der Waals surface area contributed by atoms with E-state index < -0.39 is 23.4 Å². The average Bonchev–Trinajstić information content (AvgIpc) is 2.72. The Morgan fingerprint density at radius 1 is 0.611 bits per heavy atom. The number of hydrogen-bond acceptors (Lipinski definition) is 7. The number of amides is 2. The van der Waals surface area contributed by atoms with Crippen molar-refractivity contribution in [2.24, 2.45) is 0 Å². The lowest BCUT2D eigenvalue weighted by molar-refractivity contribution is 0.0588. The number of ether oxygens (including phenoxy) is 2. The number of anilines is 4. The minimum absolute atomic E-state index is 0.191. The summed E-state index contributed by atoms with van der Waals surface area (Å²) in [6.45, 7) is 10.6. The maximum absolute atomic E-state index is 13.3. The first-order valence-corrected chi connectivity index (χ1v) is 12.6. The molecule has 190 valence electrons. The highest BCUT2D eigenvalue weighted by molar-refractivity contribution is 9.10. The Kier molecular flexibility index (Phi) is 8.35. The summed E-state index contributed by atoms with van der Waals surface area (Å²) < 4.78 is 12.3. The molecule has 0 bridgehead atoms. The number of halogens is 2. The molecule has 0 unspecified atom stereocenters. The monoisotopic (exact) mass is 619 g/mol. The van der Waals surface area contributed by atoms with Gasteiger partial charge in [-0.05, 0) is 110 Å². The number of hydrogen-bond donors (Lipinski definition) is 0. The lowest BCUT2D eigenvalue weighted by atomic mass is 10.2. The van der Waals surface area contributed by atoms with Gasteiger partial charge < -0.3 is 9.47 Å². The third-order valence-corrected chi connectivity index (χ3v) is 5.07. The molecule has 3 heterocycles. The molecule has 36 heavy (non-hydrogen) atoms. The molecule has 0 aliphatic rings. The minimum Gasteiger partial charge on any atom is -0.443 e. The zero-order chi connectivity index (χ0) is 26.7. The van der Waals surface area contributed by atoms with Gasteiger partial charge in [0.05, 0.1) is 0 Å². The molecule has 2 amide bonds. The molecule has 0 aliphatic carbocycles. The van der Waals surface area contributed by atoms with Crippen molar-refractivity contribution < 1.29 is 19.1 Å². The van der Waals surface area contributed by atoms with Gasteiger partial charge in [0.15, 0.2) is 0 Å². The Morgan fingerprint density at radius 2 is 0.917 bits per heavy atom. The Balaban J connectivity index is 2.14. The predicted molar refractivity (Wildman–Crippen MR) is 145 cm³/mol. The van der Waals surface area contributed by atoms with E-state index in [9.17, 15) is 9.59 Å². The summed E-state index contributed by atoms with van der Waals surface area (Å²) in [5, 5.41) is 0. The van der Waals surface area contributed by atoms with Crippen molar-refractivity contribution in [1.29, 1.82) is 0 Å². The standard InChI is InChI=1S/C25H27Br2N5O4/c1-24(2,3)35-22(33)31(18-12-7-10-16(26)28-18)20-14-9-15-21(30-20)32(23(34)36-25(4,5)6)19-13-8-11-17(27)29-19/h7-15H,1-6H3. The Morgan fingerprint density at radius 3 is 1.22 bits per heavy atom. The lowest BCUT2D eigenvalue weighted by Crippen LogP contribution is -2.36. The van der Waals surface area contributed by atoms with Gasteiger partial charge in [0, 0.05) is 0 Å². The van der Waals surface area contributed by atoms with Gasteiger partial charge in [0.25, 0.3) is 0 Å². The van der Waals surface area contributed by atoms with Gasteiger partial charge in [-0.25, -0.2) is 34.3 Å². The summed E-state index contributed by atoms with van der Waals surface area (Å²) in [4.78, 5) is 42.5. The Bertz CT molecular complexity index is 1160. The quantitative estimate of drug-likeness (QED) is 0.278. The molecule has 0 fully saturated rings. The van der Waals surface area contributed by atoms with Gasteiger partial charge in [-0.3, -0.25) is 0 Å². The van der Waals surface area contributed by atoms with Gasteiger partial charge in [-0.2, -0.15) is 0 Å². The van der Waals surface area contributed by atoms with Crippen LogP contribution in [0.5, 0.6) is 0 Å². The third kappa shape index (κ3) is 7.47. The van der Waals surface area contributed by atoms with Crippen LogP contribution in [0, 0.1) is 0 Å². The molecule has 0 N–H and O–H groups in total. The first-order chi connectivity index (χ1) is 16.7. The second kappa shape index (κ2) is 10.9. The SMILES string of the molecule is CC(C)(C)OC(=O)N(c1cccc(Br)n1)c1cccc(N(C(=O)OC(C)(C)C)c2cccc(Br)n2)n1. The highest BCUT2D eigenvalue weighted by atomic mass is 79.9. The van der Waals surface area contributed by atoms with Crippen molar-refractivity contribution in [1.82, 2.24) is 15.0 Å². The fourth-order valence-corrected chi connectivity index (χ4v) is 3.60. The van der Waals surface area contributed by atoms with Crippen molar-refractivity contribution in [3.8, 4) is 0 Å². The van der Waals surface area contributed by atoms with E-state index in [-0.39, 0.29) is 23.3 Å². The van der Waals surface area contributed by atoms with E-state index in [0.29, 0.717) is 9.21 Å². The number of aromatic nitrogens is 3. The van der Waals surface area contributed by atoms with Gasteiger partial charge in [0.2, 0.25) is 0 Å². The largest absolute Gasteiger partial charge is 0.443 e. The van der Waals surface area contributed by atoms with E-state index >= 15 is 0 Å². The lowest BCUT2D eigenvalue weighted by Gasteiger charge is -2.28. The second-order valence-corrected chi connectivity index (χ2v) is 11.2. The van der Waals surface area contributed by atoms with Crippen LogP contribution in [0.1, 0.15) is 41.5 Å². The van der Waals surface area contributed by atoms with Crippen LogP contribution < -0.4 is 9.80 Å². The predicted octanol–water partition coefficient (Wildman–Crippen LogP) is 7.54. The van der Waals surface area contributed by atoms with Crippen LogP contribution in [0.3, 0.4) is 0 Å². The van der Waals surface area contributed by atoms with Crippen LogP contribution in [-0.4, -0.2) is 38.3 Å². The molecular formula is C25H27Br2N5O4. The minimum atomic E-state index is -0.762. The molecule has 0 aliphatic heterocycles. The number of nitrogens with zero attached hydrogens (tertiary/aromatic N) is 5. The van der Waals surface area contributed by atoms with Crippen LogP contribution >= 0.6 is 31.9 Å². The van der Waals surface area contributed by atoms with E-state index in [1.165, 1.54) is 9.80 Å². The topological polar surface area (TPSA) is 97.8 Å². The summed E-state index contributed by atoms with van der Waals surface area (Å²) in [6, 6.07) is 15.2. The number of rotatable bonds is 4. The van der Waals surface area contributed by atoms with Crippen LogP contribution in [0.15, 0.2) is 63.8 Å². The van der Waals surface area contributed by atoms with E-state index in [2.05, 4.69) is 46.8 Å². The Hall–Kier alpha value is -3.05. The molecule has 0 spiro atoms. The summed E-state index contributed by atoms with van der Waals surface area (Å²) in [6.07, 6.45) is -1.36. The third-order valence-electron chi connectivity index (χ3n) is 4.19. The molecule has 0 saturated heterocycles. The molecule has 11 heteroatoms. The molecule has 0 aromatic carbocycles. The van der Waals surface area contributed by atoms with Gasteiger partial charge in [-0.1, -0.05) is 18.2 Å². The first kappa shape index (κ1) is 27.5. The highest BCUT2D eigenvalue weighted by Gasteiger charge is 2.30. The van der Waals surface area contributed by atoms with E-state index in [0.717, 1.165) is 0 Å². The average molecular weight is 621 g/mol. The second-order valence-electron chi connectivity index (χ2n) is 9.62. The van der Waals surface area contributed by atoms with Crippen LogP contribution in [-0.2, 0) is 9.47 Å².